The van der Waals surface area contributed by atoms with Gasteiger partial charge >= 0.3 is 0 Å². The number of nitrogens with two attached hydrogens (primary N) is 2. The Kier molecular flexibility index (Phi) is 4.05. The molecule has 1 aromatic rings. The number of hydrogen-bond donors (Lipinski definition) is 2. The van der Waals surface area contributed by atoms with Gasteiger partial charge in [-0.25, -0.2) is 4.39 Å². The van der Waals surface area contributed by atoms with Gasteiger partial charge in [0.2, 0.25) is 0 Å². The van der Waals surface area contributed by atoms with Crippen LogP contribution in [0, 0.1) is 5.82 Å². The number of rotatable bonds is 4. The molecule has 0 aromatic heterocycles. The van der Waals surface area contributed by atoms with E-state index in [0.717, 1.165) is 13.0 Å². The summed E-state index contributed by atoms with van der Waals surface area (Å²) in [5.74, 6) is -0.318. The normalized spacial score (nSPS) is 13.1. The minimum atomic E-state index is -0.318. The first-order valence-corrected chi connectivity index (χ1v) is 4.96. The summed E-state index contributed by atoms with van der Waals surface area (Å²) in [5.41, 5.74) is 12.3. The highest BCUT2D eigenvalue weighted by Crippen LogP contribution is 2.20. The molecule has 1 aromatic carbocycles. The fourth-order valence-electron chi connectivity index (χ4n) is 1.40. The molecule has 84 valence electrons. The van der Waals surface area contributed by atoms with Gasteiger partial charge in [0, 0.05) is 17.3 Å². The molecular weight excluding hydrogens is 193 g/mol. The largest absolute Gasteiger partial charge is 0.399 e. The van der Waals surface area contributed by atoms with Gasteiger partial charge in [-0.05, 0) is 39.2 Å². The van der Waals surface area contributed by atoms with Gasteiger partial charge in [0.1, 0.15) is 5.82 Å². The van der Waals surface area contributed by atoms with Crippen LogP contribution in [-0.4, -0.2) is 25.5 Å². The Morgan fingerprint density at radius 2 is 2.07 bits per heavy atom. The van der Waals surface area contributed by atoms with Crippen LogP contribution in [0.2, 0.25) is 0 Å². The van der Waals surface area contributed by atoms with Crippen LogP contribution in [0.3, 0.4) is 0 Å². The van der Waals surface area contributed by atoms with Gasteiger partial charge in [-0.2, -0.15) is 0 Å². The van der Waals surface area contributed by atoms with Crippen molar-refractivity contribution in [3.8, 4) is 0 Å². The van der Waals surface area contributed by atoms with Crippen LogP contribution in [0.1, 0.15) is 18.0 Å². The molecule has 0 saturated heterocycles. The van der Waals surface area contributed by atoms with Crippen molar-refractivity contribution in [1.29, 1.82) is 0 Å². The zero-order chi connectivity index (χ0) is 11.4. The highest BCUT2D eigenvalue weighted by atomic mass is 19.1. The molecule has 15 heavy (non-hydrogen) atoms. The smallest absolute Gasteiger partial charge is 0.130 e. The predicted octanol–water partition coefficient (Wildman–Crippen LogP) is 1.36. The number of nitrogens with zero attached hydrogens (tertiary/aromatic N) is 1. The average Bonchev–Trinajstić information content (AvgIpc) is 2.14. The van der Waals surface area contributed by atoms with E-state index in [1.807, 2.05) is 19.0 Å². The molecule has 0 heterocycles. The fourth-order valence-corrected chi connectivity index (χ4v) is 1.40. The second-order valence-corrected chi connectivity index (χ2v) is 3.98. The molecule has 4 heteroatoms. The third kappa shape index (κ3) is 3.49. The predicted molar refractivity (Wildman–Crippen MR) is 60.9 cm³/mol. The number of anilines is 1. The van der Waals surface area contributed by atoms with Crippen molar-refractivity contribution in [2.75, 3.05) is 26.4 Å². The SMILES string of the molecule is CN(C)CCC(N)c1ccc(N)cc1F. The first kappa shape index (κ1) is 11.9. The van der Waals surface area contributed by atoms with E-state index in [-0.39, 0.29) is 11.9 Å². The molecule has 0 amide bonds. The topological polar surface area (TPSA) is 55.3 Å². The Hall–Kier alpha value is -1.13. The number of nitrogen functional groups attached to an aromatic ring is 1. The number of hydrogen-bond acceptors (Lipinski definition) is 3. The lowest BCUT2D eigenvalue weighted by Crippen LogP contribution is -2.20. The lowest BCUT2D eigenvalue weighted by atomic mass is 10.0. The maximum absolute atomic E-state index is 13.5. The second-order valence-electron chi connectivity index (χ2n) is 3.98. The molecule has 1 rings (SSSR count). The third-order valence-electron chi connectivity index (χ3n) is 2.31. The van der Waals surface area contributed by atoms with Crippen molar-refractivity contribution >= 4 is 5.69 Å². The van der Waals surface area contributed by atoms with E-state index in [4.69, 9.17) is 11.5 Å². The van der Waals surface area contributed by atoms with Gasteiger partial charge < -0.3 is 16.4 Å². The zero-order valence-electron chi connectivity index (χ0n) is 9.20. The molecule has 0 aliphatic heterocycles. The standard InChI is InChI=1S/C11H18FN3/c1-15(2)6-5-11(14)9-4-3-8(13)7-10(9)12/h3-4,7,11H,5-6,13-14H2,1-2H3. The van der Waals surface area contributed by atoms with Crippen LogP contribution in [0.5, 0.6) is 0 Å². The van der Waals surface area contributed by atoms with Crippen molar-refractivity contribution in [3.05, 3.63) is 29.6 Å². The summed E-state index contributed by atoms with van der Waals surface area (Å²) in [6.45, 7) is 0.838. The van der Waals surface area contributed by atoms with E-state index >= 15 is 0 Å². The summed E-state index contributed by atoms with van der Waals surface area (Å²) in [6.07, 6.45) is 0.730. The molecule has 0 radical (unpaired) electrons. The third-order valence-corrected chi connectivity index (χ3v) is 2.31. The molecule has 4 N–H and O–H groups in total. The molecular formula is C11H18FN3. The summed E-state index contributed by atoms with van der Waals surface area (Å²) >= 11 is 0. The van der Waals surface area contributed by atoms with Crippen molar-refractivity contribution in [1.82, 2.24) is 4.90 Å². The van der Waals surface area contributed by atoms with Crippen LogP contribution in [0.25, 0.3) is 0 Å². The van der Waals surface area contributed by atoms with Crippen LogP contribution in [-0.2, 0) is 0 Å². The monoisotopic (exact) mass is 211 g/mol. The number of benzene rings is 1. The molecule has 1 atom stereocenters. The lowest BCUT2D eigenvalue weighted by molar-refractivity contribution is 0.380. The Labute approximate surface area is 89.9 Å². The van der Waals surface area contributed by atoms with Gasteiger partial charge in [-0.3, -0.25) is 0 Å². The molecule has 3 nitrogen and oxygen atoms in total. The van der Waals surface area contributed by atoms with Gasteiger partial charge in [-0.1, -0.05) is 6.07 Å². The minimum absolute atomic E-state index is 0.270. The zero-order valence-corrected chi connectivity index (χ0v) is 9.20. The van der Waals surface area contributed by atoms with E-state index in [1.54, 1.807) is 12.1 Å². The Morgan fingerprint density at radius 3 is 2.60 bits per heavy atom. The quantitative estimate of drug-likeness (QED) is 0.739. The van der Waals surface area contributed by atoms with Crippen molar-refractivity contribution in [2.24, 2.45) is 5.73 Å². The molecule has 1 unspecified atom stereocenters. The van der Waals surface area contributed by atoms with Crippen LogP contribution in [0.4, 0.5) is 10.1 Å². The molecule has 0 spiro atoms. The highest BCUT2D eigenvalue weighted by molar-refractivity contribution is 5.41. The van der Waals surface area contributed by atoms with Gasteiger partial charge in [-0.15, -0.1) is 0 Å². The summed E-state index contributed by atoms with van der Waals surface area (Å²) < 4.78 is 13.5. The van der Waals surface area contributed by atoms with Crippen molar-refractivity contribution in [2.45, 2.75) is 12.5 Å². The van der Waals surface area contributed by atoms with Crippen LogP contribution >= 0.6 is 0 Å². The maximum atomic E-state index is 13.5. The second kappa shape index (κ2) is 5.09. The van der Waals surface area contributed by atoms with Crippen molar-refractivity contribution in [3.63, 3.8) is 0 Å². The highest BCUT2D eigenvalue weighted by Gasteiger charge is 2.11. The Morgan fingerprint density at radius 1 is 1.40 bits per heavy atom. The van der Waals surface area contributed by atoms with Crippen molar-refractivity contribution < 1.29 is 4.39 Å². The van der Waals surface area contributed by atoms with Gasteiger partial charge in [0.25, 0.3) is 0 Å². The fraction of sp³-hybridized carbons (Fsp3) is 0.455. The maximum Gasteiger partial charge on any atom is 0.130 e. The first-order chi connectivity index (χ1) is 7.00. The molecule has 0 bridgehead atoms. The molecule has 0 fully saturated rings. The van der Waals surface area contributed by atoms with E-state index in [9.17, 15) is 4.39 Å². The molecule has 0 saturated carbocycles. The van der Waals surface area contributed by atoms with Gasteiger partial charge in [0.15, 0.2) is 0 Å². The summed E-state index contributed by atoms with van der Waals surface area (Å²) in [5, 5.41) is 0. The van der Waals surface area contributed by atoms with Crippen LogP contribution in [0.15, 0.2) is 18.2 Å². The van der Waals surface area contributed by atoms with Gasteiger partial charge in [0.05, 0.1) is 0 Å². The van der Waals surface area contributed by atoms with E-state index in [2.05, 4.69) is 0 Å². The van der Waals surface area contributed by atoms with Crippen LogP contribution < -0.4 is 11.5 Å². The summed E-state index contributed by atoms with van der Waals surface area (Å²) in [6, 6.07) is 4.37. The minimum Gasteiger partial charge on any atom is -0.399 e. The summed E-state index contributed by atoms with van der Waals surface area (Å²) in [4.78, 5) is 2.02. The molecule has 0 aliphatic carbocycles. The Bertz CT molecular complexity index is 326. The molecule has 0 aliphatic rings. The number of halogens is 1. The van der Waals surface area contributed by atoms with E-state index < -0.39 is 0 Å². The van der Waals surface area contributed by atoms with E-state index in [0.29, 0.717) is 11.3 Å². The Balaban J connectivity index is 2.69. The average molecular weight is 211 g/mol. The lowest BCUT2D eigenvalue weighted by Gasteiger charge is -2.16. The summed E-state index contributed by atoms with van der Waals surface area (Å²) in [7, 11) is 3.93. The van der Waals surface area contributed by atoms with E-state index in [1.165, 1.54) is 6.07 Å². The first-order valence-electron chi connectivity index (χ1n) is 4.96.